The summed E-state index contributed by atoms with van der Waals surface area (Å²) in [4.78, 5) is 10.6. The molecule has 104 valence electrons. The highest BCUT2D eigenvalue weighted by Crippen LogP contribution is 2.23. The summed E-state index contributed by atoms with van der Waals surface area (Å²) < 4.78 is 1.73. The van der Waals surface area contributed by atoms with Gasteiger partial charge in [-0.3, -0.25) is 10.1 Å². The lowest BCUT2D eigenvalue weighted by molar-refractivity contribution is -0.385. The second kappa shape index (κ2) is 6.97. The molecule has 2 aromatic carbocycles. The van der Waals surface area contributed by atoms with Gasteiger partial charge in [0.25, 0.3) is 5.69 Å². The quantitative estimate of drug-likeness (QED) is 0.598. The molecule has 0 aliphatic rings. The first kappa shape index (κ1) is 15.2. The fourth-order valence-electron chi connectivity index (χ4n) is 1.84. The molecule has 20 heavy (non-hydrogen) atoms. The van der Waals surface area contributed by atoms with Gasteiger partial charge in [-0.1, -0.05) is 44.0 Å². The van der Waals surface area contributed by atoms with Gasteiger partial charge in [0.2, 0.25) is 0 Å². The normalized spacial score (nSPS) is 10.5. The van der Waals surface area contributed by atoms with Crippen molar-refractivity contribution in [2.45, 2.75) is 13.1 Å². The fourth-order valence-corrected chi connectivity index (χ4v) is 2.64. The maximum absolute atomic E-state index is 11.0. The zero-order valence-corrected chi connectivity index (χ0v) is 13.6. The van der Waals surface area contributed by atoms with Crippen molar-refractivity contribution in [2.75, 3.05) is 0 Å². The molecule has 0 saturated carbocycles. The van der Waals surface area contributed by atoms with Crippen molar-refractivity contribution >= 4 is 37.5 Å². The summed E-state index contributed by atoms with van der Waals surface area (Å²) in [6.07, 6.45) is 0. The van der Waals surface area contributed by atoms with Crippen molar-refractivity contribution in [3.63, 3.8) is 0 Å². The molecular weight excluding hydrogens is 388 g/mol. The first-order valence-electron chi connectivity index (χ1n) is 5.94. The van der Waals surface area contributed by atoms with Crippen molar-refractivity contribution in [1.82, 2.24) is 5.32 Å². The fraction of sp³-hybridized carbons (Fsp3) is 0.143. The minimum Gasteiger partial charge on any atom is -0.308 e. The molecule has 4 nitrogen and oxygen atoms in total. The SMILES string of the molecule is O=[N+]([O-])c1cc(Br)ccc1CNCc1cccc(Br)c1. The first-order valence-corrected chi connectivity index (χ1v) is 7.53. The number of nitrogens with zero attached hydrogens (tertiary/aromatic N) is 1. The van der Waals surface area contributed by atoms with E-state index in [0.717, 1.165) is 10.0 Å². The number of nitro groups is 1. The maximum Gasteiger partial charge on any atom is 0.275 e. The van der Waals surface area contributed by atoms with Crippen molar-refractivity contribution in [1.29, 1.82) is 0 Å². The molecule has 0 amide bonds. The summed E-state index contributed by atoms with van der Waals surface area (Å²) in [6, 6.07) is 13.0. The summed E-state index contributed by atoms with van der Waals surface area (Å²) >= 11 is 6.66. The Hall–Kier alpha value is -1.24. The van der Waals surface area contributed by atoms with E-state index in [4.69, 9.17) is 0 Å². The van der Waals surface area contributed by atoms with E-state index in [-0.39, 0.29) is 10.6 Å². The largest absolute Gasteiger partial charge is 0.308 e. The molecule has 0 radical (unpaired) electrons. The Kier molecular flexibility index (Phi) is 5.28. The molecule has 0 fully saturated rings. The Morgan fingerprint density at radius 2 is 1.80 bits per heavy atom. The summed E-state index contributed by atoms with van der Waals surface area (Å²) in [7, 11) is 0. The van der Waals surface area contributed by atoms with Crippen LogP contribution in [-0.2, 0) is 13.1 Å². The van der Waals surface area contributed by atoms with Gasteiger partial charge < -0.3 is 5.32 Å². The molecule has 1 N–H and O–H groups in total. The average molecular weight is 400 g/mol. The number of nitro benzene ring substituents is 1. The molecule has 0 saturated heterocycles. The molecule has 0 unspecified atom stereocenters. The van der Waals surface area contributed by atoms with Crippen LogP contribution in [0, 0.1) is 10.1 Å². The molecule has 0 atom stereocenters. The lowest BCUT2D eigenvalue weighted by Crippen LogP contribution is -2.13. The highest BCUT2D eigenvalue weighted by molar-refractivity contribution is 9.10. The Morgan fingerprint density at radius 1 is 1.05 bits per heavy atom. The van der Waals surface area contributed by atoms with E-state index >= 15 is 0 Å². The number of rotatable bonds is 5. The standard InChI is InChI=1S/C14H12Br2N2O2/c15-12-3-1-2-10(6-12)8-17-9-11-4-5-13(16)7-14(11)18(19)20/h1-7,17H,8-9H2. The van der Waals surface area contributed by atoms with E-state index in [1.165, 1.54) is 6.07 Å². The number of benzene rings is 2. The van der Waals surface area contributed by atoms with E-state index in [9.17, 15) is 10.1 Å². The second-order valence-corrected chi connectivity index (χ2v) is 6.09. The summed E-state index contributed by atoms with van der Waals surface area (Å²) in [6.45, 7) is 1.11. The second-order valence-electron chi connectivity index (χ2n) is 4.26. The van der Waals surface area contributed by atoms with Crippen molar-refractivity contribution < 1.29 is 4.92 Å². The van der Waals surface area contributed by atoms with Crippen molar-refractivity contribution in [2.24, 2.45) is 0 Å². The van der Waals surface area contributed by atoms with Gasteiger partial charge in [0, 0.05) is 33.7 Å². The smallest absolute Gasteiger partial charge is 0.275 e. The van der Waals surface area contributed by atoms with Crippen LogP contribution >= 0.6 is 31.9 Å². The van der Waals surface area contributed by atoms with E-state index in [2.05, 4.69) is 37.2 Å². The molecule has 0 aliphatic heterocycles. The zero-order valence-electron chi connectivity index (χ0n) is 10.5. The predicted molar refractivity (Wildman–Crippen MR) is 85.5 cm³/mol. The van der Waals surface area contributed by atoms with E-state index in [1.54, 1.807) is 6.07 Å². The van der Waals surface area contributed by atoms with Crippen molar-refractivity contribution in [3.8, 4) is 0 Å². The minimum absolute atomic E-state index is 0.126. The highest BCUT2D eigenvalue weighted by Gasteiger charge is 2.13. The predicted octanol–water partition coefficient (Wildman–Crippen LogP) is 4.41. The van der Waals surface area contributed by atoms with Crippen LogP contribution < -0.4 is 5.32 Å². The van der Waals surface area contributed by atoms with E-state index in [0.29, 0.717) is 23.1 Å². The van der Waals surface area contributed by atoms with Crippen LogP contribution in [0.25, 0.3) is 0 Å². The molecule has 0 bridgehead atoms. The highest BCUT2D eigenvalue weighted by atomic mass is 79.9. The Morgan fingerprint density at radius 3 is 2.50 bits per heavy atom. The van der Waals surface area contributed by atoms with Crippen LogP contribution in [-0.4, -0.2) is 4.92 Å². The van der Waals surface area contributed by atoms with Gasteiger partial charge in [-0.2, -0.15) is 0 Å². The Balaban J connectivity index is 2.02. The lowest BCUT2D eigenvalue weighted by atomic mass is 10.1. The van der Waals surface area contributed by atoms with Gasteiger partial charge in [0.15, 0.2) is 0 Å². The monoisotopic (exact) mass is 398 g/mol. The number of nitrogens with one attached hydrogen (secondary N) is 1. The van der Waals surface area contributed by atoms with Gasteiger partial charge >= 0.3 is 0 Å². The van der Waals surface area contributed by atoms with Crippen LogP contribution in [0.1, 0.15) is 11.1 Å². The third kappa shape index (κ3) is 4.13. The van der Waals surface area contributed by atoms with Crippen LogP contribution in [0.15, 0.2) is 51.4 Å². The third-order valence-electron chi connectivity index (χ3n) is 2.78. The molecule has 2 rings (SSSR count). The number of halogens is 2. The molecule has 2 aromatic rings. The van der Waals surface area contributed by atoms with Gasteiger partial charge in [0.05, 0.1) is 4.92 Å². The number of hydrogen-bond donors (Lipinski definition) is 1. The minimum atomic E-state index is -0.360. The van der Waals surface area contributed by atoms with E-state index < -0.39 is 0 Å². The summed E-state index contributed by atoms with van der Waals surface area (Å²) in [5, 5.41) is 14.2. The molecule has 0 aromatic heterocycles. The number of hydrogen-bond acceptors (Lipinski definition) is 3. The Bertz CT molecular complexity index is 632. The maximum atomic E-state index is 11.0. The molecular formula is C14H12Br2N2O2. The van der Waals surface area contributed by atoms with Crippen LogP contribution in [0.4, 0.5) is 5.69 Å². The van der Waals surface area contributed by atoms with E-state index in [1.807, 2.05) is 30.3 Å². The summed E-state index contributed by atoms with van der Waals surface area (Å²) in [5.41, 5.74) is 1.92. The first-order chi connectivity index (χ1) is 9.56. The van der Waals surface area contributed by atoms with Gasteiger partial charge in [-0.25, -0.2) is 0 Å². The van der Waals surface area contributed by atoms with Gasteiger partial charge in [0.1, 0.15) is 0 Å². The topological polar surface area (TPSA) is 55.2 Å². The van der Waals surface area contributed by atoms with Gasteiger partial charge in [-0.15, -0.1) is 0 Å². The van der Waals surface area contributed by atoms with Crippen LogP contribution in [0.3, 0.4) is 0 Å². The van der Waals surface area contributed by atoms with Crippen LogP contribution in [0.5, 0.6) is 0 Å². The van der Waals surface area contributed by atoms with Crippen LogP contribution in [0.2, 0.25) is 0 Å². The molecule has 0 aliphatic carbocycles. The third-order valence-corrected chi connectivity index (χ3v) is 3.76. The molecule has 0 heterocycles. The Labute approximate surface area is 133 Å². The molecule has 0 spiro atoms. The van der Waals surface area contributed by atoms with Gasteiger partial charge in [-0.05, 0) is 29.8 Å². The molecule has 6 heteroatoms. The van der Waals surface area contributed by atoms with Crippen molar-refractivity contribution in [3.05, 3.63) is 72.7 Å². The summed E-state index contributed by atoms with van der Waals surface area (Å²) in [5.74, 6) is 0. The lowest BCUT2D eigenvalue weighted by Gasteiger charge is -2.06. The average Bonchev–Trinajstić information content (AvgIpc) is 2.40. The zero-order chi connectivity index (χ0) is 14.5.